The Bertz CT molecular complexity index is 1070. The number of aliphatic carboxylic acids is 1. The molecule has 2 aliphatic rings. The molecule has 0 aromatic heterocycles. The molecule has 0 unspecified atom stereocenters. The number of rotatable bonds is 9. The summed E-state index contributed by atoms with van der Waals surface area (Å²) in [7, 11) is -7.20. The summed E-state index contributed by atoms with van der Waals surface area (Å²) in [5.74, 6) is -2.43. The van der Waals surface area contributed by atoms with Gasteiger partial charge >= 0.3 is 12.1 Å². The van der Waals surface area contributed by atoms with Crippen LogP contribution in [0.15, 0.2) is 29.2 Å². The molecule has 2 fully saturated rings. The SMILES string of the molecule is CCCN(CCS(=O)(=O)N1CCNCC1)S(=O)(=O)c1ccc(C2CCCCC2)cc1.O=C(O)C(F)(F)F. The number of sulfonamides is 2. The second-order valence-electron chi connectivity index (χ2n) is 9.08. The number of carbonyl (C=O) groups is 1. The molecule has 9 nitrogen and oxygen atoms in total. The molecule has 1 aliphatic heterocycles. The van der Waals surface area contributed by atoms with Gasteiger partial charge in [0, 0.05) is 39.3 Å². The van der Waals surface area contributed by atoms with Crippen molar-refractivity contribution < 1.29 is 39.9 Å². The van der Waals surface area contributed by atoms with Crippen LogP contribution in [0.4, 0.5) is 13.2 Å². The number of nitrogens with one attached hydrogen (secondary N) is 1. The molecule has 1 aromatic carbocycles. The van der Waals surface area contributed by atoms with Gasteiger partial charge in [0.25, 0.3) is 0 Å². The number of piperazine rings is 1. The molecule has 3 rings (SSSR count). The van der Waals surface area contributed by atoms with Crippen molar-refractivity contribution >= 4 is 26.0 Å². The van der Waals surface area contributed by atoms with Crippen LogP contribution in [0.1, 0.15) is 56.9 Å². The van der Waals surface area contributed by atoms with Crippen LogP contribution < -0.4 is 5.32 Å². The molecule has 1 heterocycles. The quantitative estimate of drug-likeness (QED) is 0.467. The summed E-state index contributed by atoms with van der Waals surface area (Å²) in [5, 5.41) is 10.3. The molecule has 1 aliphatic carbocycles. The van der Waals surface area contributed by atoms with Gasteiger partial charge in [0.05, 0.1) is 10.6 Å². The van der Waals surface area contributed by atoms with Gasteiger partial charge in [-0.1, -0.05) is 38.3 Å². The van der Waals surface area contributed by atoms with Crippen molar-refractivity contribution in [2.45, 2.75) is 62.4 Å². The summed E-state index contributed by atoms with van der Waals surface area (Å²) in [6.07, 6.45) is 1.63. The maximum Gasteiger partial charge on any atom is 0.490 e. The zero-order valence-electron chi connectivity index (χ0n) is 20.9. The maximum atomic E-state index is 13.2. The third kappa shape index (κ3) is 9.50. The first-order valence-corrected chi connectivity index (χ1v) is 15.4. The van der Waals surface area contributed by atoms with E-state index < -0.39 is 32.2 Å². The molecule has 0 spiro atoms. The Morgan fingerprint density at radius 1 is 1.03 bits per heavy atom. The first-order chi connectivity index (χ1) is 17.3. The van der Waals surface area contributed by atoms with E-state index in [9.17, 15) is 30.0 Å². The van der Waals surface area contributed by atoms with Crippen LogP contribution in [0.3, 0.4) is 0 Å². The van der Waals surface area contributed by atoms with Gasteiger partial charge in [-0.05, 0) is 42.9 Å². The van der Waals surface area contributed by atoms with Gasteiger partial charge < -0.3 is 10.4 Å². The minimum Gasteiger partial charge on any atom is -0.475 e. The molecule has 1 saturated carbocycles. The Hall–Kier alpha value is -1.74. The predicted molar refractivity (Wildman–Crippen MR) is 133 cm³/mol. The summed E-state index contributed by atoms with van der Waals surface area (Å²) in [6.45, 7) is 4.32. The van der Waals surface area contributed by atoms with Crippen molar-refractivity contribution in [1.29, 1.82) is 0 Å². The minimum atomic E-state index is -5.08. The average Bonchev–Trinajstić information content (AvgIpc) is 2.87. The minimum absolute atomic E-state index is 0.0210. The second kappa shape index (κ2) is 13.9. The van der Waals surface area contributed by atoms with Crippen molar-refractivity contribution in [2.24, 2.45) is 0 Å². The van der Waals surface area contributed by atoms with Crippen LogP contribution in [0.25, 0.3) is 0 Å². The number of halogens is 3. The monoisotopic (exact) mass is 571 g/mol. The van der Waals surface area contributed by atoms with Gasteiger partial charge in [0.15, 0.2) is 0 Å². The van der Waals surface area contributed by atoms with E-state index in [2.05, 4.69) is 5.32 Å². The molecule has 212 valence electrons. The molecule has 0 amide bonds. The van der Waals surface area contributed by atoms with E-state index in [0.717, 1.165) is 12.8 Å². The van der Waals surface area contributed by atoms with Crippen LogP contribution in [0, 0.1) is 0 Å². The Kier molecular flexibility index (Phi) is 11.8. The molecular weight excluding hydrogens is 535 g/mol. The Balaban J connectivity index is 0.000000604. The van der Waals surface area contributed by atoms with E-state index in [1.165, 1.54) is 33.4 Å². The highest BCUT2D eigenvalue weighted by atomic mass is 32.2. The predicted octanol–water partition coefficient (Wildman–Crippen LogP) is 3.00. The maximum absolute atomic E-state index is 13.2. The summed E-state index contributed by atoms with van der Waals surface area (Å²) in [5.41, 5.74) is 1.21. The Morgan fingerprint density at radius 2 is 1.57 bits per heavy atom. The highest BCUT2D eigenvalue weighted by Crippen LogP contribution is 2.33. The molecule has 0 radical (unpaired) electrons. The summed E-state index contributed by atoms with van der Waals surface area (Å²) in [4.78, 5) is 9.14. The number of carboxylic acids is 1. The fourth-order valence-electron chi connectivity index (χ4n) is 4.37. The van der Waals surface area contributed by atoms with E-state index in [0.29, 0.717) is 45.1 Å². The Morgan fingerprint density at radius 3 is 2.05 bits per heavy atom. The topological polar surface area (TPSA) is 124 Å². The van der Waals surface area contributed by atoms with Crippen LogP contribution in [-0.2, 0) is 24.8 Å². The van der Waals surface area contributed by atoms with Crippen LogP contribution in [-0.4, -0.2) is 87.7 Å². The van der Waals surface area contributed by atoms with Crippen molar-refractivity contribution in [1.82, 2.24) is 13.9 Å². The molecule has 1 aromatic rings. The third-order valence-corrected chi connectivity index (χ3v) is 10.1. The number of hydrogen-bond donors (Lipinski definition) is 2. The highest BCUT2D eigenvalue weighted by molar-refractivity contribution is 7.90. The molecule has 2 N–H and O–H groups in total. The van der Waals surface area contributed by atoms with Crippen molar-refractivity contribution in [3.63, 3.8) is 0 Å². The van der Waals surface area contributed by atoms with E-state index >= 15 is 0 Å². The van der Waals surface area contributed by atoms with Crippen LogP contribution >= 0.6 is 0 Å². The number of nitrogens with zero attached hydrogens (tertiary/aromatic N) is 2. The fourth-order valence-corrected chi connectivity index (χ4v) is 7.46. The van der Waals surface area contributed by atoms with Gasteiger partial charge in [-0.2, -0.15) is 21.8 Å². The third-order valence-electron chi connectivity index (χ3n) is 6.38. The normalized spacial score (nSPS) is 18.3. The van der Waals surface area contributed by atoms with E-state index in [-0.39, 0.29) is 17.2 Å². The zero-order valence-corrected chi connectivity index (χ0v) is 22.5. The largest absolute Gasteiger partial charge is 0.490 e. The number of carboxylic acid groups (broad SMARTS) is 1. The standard InChI is InChI=1S/C21H35N3O4S2.C2HF3O2/c1-2-14-24(17-18-29(25,26)23-15-12-22-13-16-23)30(27,28)21-10-8-20(9-11-21)19-6-4-3-5-7-19;3-2(4,5)1(6)7/h8-11,19,22H,2-7,12-18H2,1H3;(H,6,7). The van der Waals surface area contributed by atoms with Gasteiger partial charge in [0.1, 0.15) is 0 Å². The number of hydrogen-bond acceptors (Lipinski definition) is 6. The lowest BCUT2D eigenvalue weighted by molar-refractivity contribution is -0.192. The molecular formula is C23H36F3N3O6S2. The lowest BCUT2D eigenvalue weighted by Gasteiger charge is -2.28. The fraction of sp³-hybridized carbons (Fsp3) is 0.696. The molecule has 0 bridgehead atoms. The first kappa shape index (κ1) is 31.5. The van der Waals surface area contributed by atoms with E-state index in [4.69, 9.17) is 9.90 Å². The van der Waals surface area contributed by atoms with E-state index in [1.54, 1.807) is 12.1 Å². The van der Waals surface area contributed by atoms with E-state index in [1.807, 2.05) is 19.1 Å². The Labute approximate surface area is 217 Å². The molecule has 1 saturated heterocycles. The number of alkyl halides is 3. The van der Waals surface area contributed by atoms with Crippen molar-refractivity contribution in [3.05, 3.63) is 29.8 Å². The number of benzene rings is 1. The lowest BCUT2D eigenvalue weighted by Crippen LogP contribution is -2.48. The smallest absolute Gasteiger partial charge is 0.475 e. The van der Waals surface area contributed by atoms with Gasteiger partial charge in [0.2, 0.25) is 20.0 Å². The average molecular weight is 572 g/mol. The van der Waals surface area contributed by atoms with Gasteiger partial charge in [-0.15, -0.1) is 0 Å². The lowest BCUT2D eigenvalue weighted by atomic mass is 9.84. The molecule has 14 heteroatoms. The summed E-state index contributed by atoms with van der Waals surface area (Å²) >= 11 is 0. The van der Waals surface area contributed by atoms with Gasteiger partial charge in [-0.25, -0.2) is 21.6 Å². The molecule has 37 heavy (non-hydrogen) atoms. The van der Waals surface area contributed by atoms with Crippen LogP contribution in [0.5, 0.6) is 0 Å². The highest BCUT2D eigenvalue weighted by Gasteiger charge is 2.38. The van der Waals surface area contributed by atoms with Gasteiger partial charge in [-0.3, -0.25) is 0 Å². The van der Waals surface area contributed by atoms with Crippen molar-refractivity contribution in [3.8, 4) is 0 Å². The first-order valence-electron chi connectivity index (χ1n) is 12.4. The summed E-state index contributed by atoms with van der Waals surface area (Å²) in [6, 6.07) is 7.24. The van der Waals surface area contributed by atoms with Crippen molar-refractivity contribution in [2.75, 3.05) is 45.0 Å². The molecule has 0 atom stereocenters. The summed E-state index contributed by atoms with van der Waals surface area (Å²) < 4.78 is 86.2. The second-order valence-corrected chi connectivity index (χ2v) is 13.1. The van der Waals surface area contributed by atoms with Crippen LogP contribution in [0.2, 0.25) is 0 Å². The zero-order chi connectivity index (χ0) is 27.7.